The third-order valence-electron chi connectivity index (χ3n) is 4.82. The van der Waals surface area contributed by atoms with Crippen molar-refractivity contribution in [2.75, 3.05) is 13.1 Å². The molecule has 0 aliphatic carbocycles. The Morgan fingerprint density at radius 1 is 1.12 bits per heavy atom. The van der Waals surface area contributed by atoms with Gasteiger partial charge in [-0.2, -0.15) is 0 Å². The number of nitrogens with zero attached hydrogens (tertiary/aromatic N) is 3. The average molecular weight is 370 g/mol. The maximum Gasteiger partial charge on any atom is 0.289 e. The smallest absolute Gasteiger partial charge is 0.289 e. The van der Waals surface area contributed by atoms with Crippen molar-refractivity contribution in [2.45, 2.75) is 18.9 Å². The van der Waals surface area contributed by atoms with Gasteiger partial charge in [0.25, 0.3) is 5.91 Å². The summed E-state index contributed by atoms with van der Waals surface area (Å²) in [5.74, 6) is 1.28. The van der Waals surface area contributed by atoms with Gasteiger partial charge in [0.2, 0.25) is 0 Å². The molecule has 0 unspecified atom stereocenters. The molecule has 0 radical (unpaired) electrons. The fraction of sp³-hybridized carbons (Fsp3) is 0.300. The number of amides is 1. The van der Waals surface area contributed by atoms with Crippen LogP contribution in [0.1, 0.15) is 23.5 Å². The van der Waals surface area contributed by atoms with Crippen LogP contribution in [0.15, 0.2) is 48.5 Å². The van der Waals surface area contributed by atoms with Gasteiger partial charge in [0, 0.05) is 38.0 Å². The third-order valence-corrected chi connectivity index (χ3v) is 5.08. The molecule has 1 aliphatic heterocycles. The molecule has 0 atom stereocenters. The van der Waals surface area contributed by atoms with Crippen LogP contribution in [0.3, 0.4) is 0 Å². The lowest BCUT2D eigenvalue weighted by atomic mass is 10.1. The van der Waals surface area contributed by atoms with Crippen molar-refractivity contribution in [2.24, 2.45) is 7.05 Å². The van der Waals surface area contributed by atoms with E-state index in [9.17, 15) is 4.79 Å². The number of carbonyl (C=O) groups is 1. The van der Waals surface area contributed by atoms with Crippen molar-refractivity contribution in [3.8, 4) is 5.75 Å². The number of hydrogen-bond acceptors (Lipinski definition) is 3. The number of halogens is 1. The molecule has 26 heavy (non-hydrogen) atoms. The fourth-order valence-electron chi connectivity index (χ4n) is 3.36. The van der Waals surface area contributed by atoms with Crippen molar-refractivity contribution in [1.82, 2.24) is 14.5 Å². The second kappa shape index (κ2) is 7.00. The molecule has 0 bridgehead atoms. The molecule has 1 amide bonds. The number of aryl methyl sites for hydroxylation is 1. The summed E-state index contributed by atoms with van der Waals surface area (Å²) in [4.78, 5) is 19.3. The van der Waals surface area contributed by atoms with Gasteiger partial charge in [-0.3, -0.25) is 4.79 Å². The SMILES string of the molecule is Cn1c(C(=O)N2CCC(Oc3ccc(Cl)cc3)CC2)nc2ccccc21. The number of imidazole rings is 1. The monoisotopic (exact) mass is 369 g/mol. The van der Waals surface area contributed by atoms with Gasteiger partial charge in [0.1, 0.15) is 11.9 Å². The van der Waals surface area contributed by atoms with E-state index >= 15 is 0 Å². The quantitative estimate of drug-likeness (QED) is 0.703. The fourth-order valence-corrected chi connectivity index (χ4v) is 3.49. The number of aromatic nitrogens is 2. The molecule has 1 saturated heterocycles. The number of benzene rings is 2. The minimum atomic E-state index is -0.0198. The van der Waals surface area contributed by atoms with Crippen LogP contribution < -0.4 is 4.74 Å². The molecule has 4 rings (SSSR count). The standard InChI is InChI=1S/C20H20ClN3O2/c1-23-18-5-3-2-4-17(18)22-19(23)20(25)24-12-10-16(11-13-24)26-15-8-6-14(21)7-9-15/h2-9,16H,10-13H2,1H3. The van der Waals surface area contributed by atoms with Gasteiger partial charge in [-0.1, -0.05) is 23.7 Å². The predicted molar refractivity (Wildman–Crippen MR) is 102 cm³/mol. The second-order valence-corrected chi connectivity index (χ2v) is 6.98. The lowest BCUT2D eigenvalue weighted by Crippen LogP contribution is -2.42. The van der Waals surface area contributed by atoms with Crippen molar-refractivity contribution < 1.29 is 9.53 Å². The summed E-state index contributed by atoms with van der Waals surface area (Å²) in [6, 6.07) is 15.2. The topological polar surface area (TPSA) is 47.4 Å². The van der Waals surface area contributed by atoms with E-state index < -0.39 is 0 Å². The second-order valence-electron chi connectivity index (χ2n) is 6.55. The van der Waals surface area contributed by atoms with Crippen molar-refractivity contribution >= 4 is 28.5 Å². The van der Waals surface area contributed by atoms with E-state index in [-0.39, 0.29) is 12.0 Å². The normalized spacial score (nSPS) is 15.4. The number of likely N-dealkylation sites (tertiary alicyclic amines) is 1. The van der Waals surface area contributed by atoms with Crippen LogP contribution in [0.2, 0.25) is 5.02 Å². The first-order chi connectivity index (χ1) is 12.6. The number of carbonyl (C=O) groups excluding carboxylic acids is 1. The molecule has 0 spiro atoms. The number of hydrogen-bond donors (Lipinski definition) is 0. The van der Waals surface area contributed by atoms with E-state index in [4.69, 9.17) is 16.3 Å². The highest BCUT2D eigenvalue weighted by Gasteiger charge is 2.27. The van der Waals surface area contributed by atoms with E-state index in [2.05, 4.69) is 4.98 Å². The molecular formula is C20H20ClN3O2. The molecule has 2 aromatic carbocycles. The Balaban J connectivity index is 1.41. The molecule has 1 fully saturated rings. The van der Waals surface area contributed by atoms with Gasteiger partial charge in [0.05, 0.1) is 11.0 Å². The van der Waals surface area contributed by atoms with E-state index in [0.29, 0.717) is 23.9 Å². The van der Waals surface area contributed by atoms with Crippen LogP contribution in [0.4, 0.5) is 0 Å². The molecule has 0 N–H and O–H groups in total. The van der Waals surface area contributed by atoms with E-state index in [1.165, 1.54) is 0 Å². The Morgan fingerprint density at radius 3 is 2.50 bits per heavy atom. The zero-order valence-electron chi connectivity index (χ0n) is 14.6. The maximum absolute atomic E-state index is 12.9. The summed E-state index contributed by atoms with van der Waals surface area (Å²) in [5.41, 5.74) is 1.82. The summed E-state index contributed by atoms with van der Waals surface area (Å²) in [5, 5.41) is 0.695. The average Bonchev–Trinajstić information content (AvgIpc) is 3.01. The highest BCUT2D eigenvalue weighted by atomic mass is 35.5. The van der Waals surface area contributed by atoms with Crippen LogP contribution in [0, 0.1) is 0 Å². The molecular weight excluding hydrogens is 350 g/mol. The van der Waals surface area contributed by atoms with Crippen LogP contribution in [-0.2, 0) is 7.05 Å². The van der Waals surface area contributed by atoms with Crippen LogP contribution >= 0.6 is 11.6 Å². The molecule has 3 aromatic rings. The van der Waals surface area contributed by atoms with Crippen molar-refractivity contribution in [1.29, 1.82) is 0 Å². The summed E-state index contributed by atoms with van der Waals surface area (Å²) in [6.45, 7) is 1.33. The number of rotatable bonds is 3. The number of para-hydroxylation sites is 2. The zero-order chi connectivity index (χ0) is 18.1. The van der Waals surface area contributed by atoms with Gasteiger partial charge in [-0.15, -0.1) is 0 Å². The highest BCUT2D eigenvalue weighted by molar-refractivity contribution is 6.30. The maximum atomic E-state index is 12.9. The summed E-state index contributed by atoms with van der Waals surface area (Å²) < 4.78 is 7.87. The first-order valence-electron chi connectivity index (χ1n) is 8.75. The third kappa shape index (κ3) is 3.27. The minimum Gasteiger partial charge on any atom is -0.490 e. The van der Waals surface area contributed by atoms with E-state index in [0.717, 1.165) is 29.6 Å². The predicted octanol–water partition coefficient (Wildman–Crippen LogP) is 3.91. The van der Waals surface area contributed by atoms with Crippen molar-refractivity contribution in [3.05, 3.63) is 59.4 Å². The molecule has 6 heteroatoms. The first-order valence-corrected chi connectivity index (χ1v) is 9.12. The van der Waals surface area contributed by atoms with Gasteiger partial charge < -0.3 is 14.2 Å². The first kappa shape index (κ1) is 16.9. The summed E-state index contributed by atoms with van der Waals surface area (Å²) in [6.07, 6.45) is 1.72. The minimum absolute atomic E-state index is 0.0198. The van der Waals surface area contributed by atoms with Gasteiger partial charge >= 0.3 is 0 Å². The molecule has 1 aromatic heterocycles. The largest absolute Gasteiger partial charge is 0.490 e. The van der Waals surface area contributed by atoms with Gasteiger partial charge in [-0.25, -0.2) is 4.98 Å². The number of ether oxygens (including phenoxy) is 1. The van der Waals surface area contributed by atoms with Crippen LogP contribution in [0.5, 0.6) is 5.75 Å². The molecule has 134 valence electrons. The molecule has 2 heterocycles. The number of piperidine rings is 1. The Hall–Kier alpha value is -2.53. The molecule has 5 nitrogen and oxygen atoms in total. The van der Waals surface area contributed by atoms with Gasteiger partial charge in [0.15, 0.2) is 5.82 Å². The highest BCUT2D eigenvalue weighted by Crippen LogP contribution is 2.22. The lowest BCUT2D eigenvalue weighted by molar-refractivity contribution is 0.0581. The Bertz CT molecular complexity index is 928. The van der Waals surface area contributed by atoms with E-state index in [1.807, 2.05) is 65.0 Å². The van der Waals surface area contributed by atoms with Gasteiger partial charge in [-0.05, 0) is 36.4 Å². The zero-order valence-corrected chi connectivity index (χ0v) is 15.3. The summed E-state index contributed by atoms with van der Waals surface area (Å²) in [7, 11) is 1.89. The number of fused-ring (bicyclic) bond motifs is 1. The van der Waals surface area contributed by atoms with E-state index in [1.54, 1.807) is 0 Å². The molecule has 1 aliphatic rings. The lowest BCUT2D eigenvalue weighted by Gasteiger charge is -2.32. The Labute approximate surface area is 157 Å². The van der Waals surface area contributed by atoms with Crippen LogP contribution in [0.25, 0.3) is 11.0 Å². The molecule has 0 saturated carbocycles. The van der Waals surface area contributed by atoms with Crippen molar-refractivity contribution in [3.63, 3.8) is 0 Å². The Morgan fingerprint density at radius 2 is 1.81 bits per heavy atom. The van der Waals surface area contributed by atoms with Crippen LogP contribution in [-0.4, -0.2) is 39.6 Å². The Kier molecular flexibility index (Phi) is 4.55. The summed E-state index contributed by atoms with van der Waals surface area (Å²) >= 11 is 5.90.